The molecule has 0 spiro atoms. The standard InChI is InChI=1S/C16H25BrN2/c1-4-19-9-5-6-14(11-18-3)16(19)13-7-8-15(17)12(2)10-13/h7-8,10,14,16,18H,4-6,9,11H2,1-3H3. The van der Waals surface area contributed by atoms with Gasteiger partial charge in [0.2, 0.25) is 0 Å². The van der Waals surface area contributed by atoms with Crippen LogP contribution in [-0.4, -0.2) is 31.6 Å². The van der Waals surface area contributed by atoms with Gasteiger partial charge in [0.15, 0.2) is 0 Å². The molecule has 1 fully saturated rings. The zero-order chi connectivity index (χ0) is 13.8. The van der Waals surface area contributed by atoms with Gasteiger partial charge < -0.3 is 5.32 Å². The molecule has 0 aromatic heterocycles. The molecule has 0 aliphatic carbocycles. The summed E-state index contributed by atoms with van der Waals surface area (Å²) in [6.07, 6.45) is 2.66. The molecule has 1 aromatic rings. The van der Waals surface area contributed by atoms with E-state index in [2.05, 4.69) is 65.2 Å². The van der Waals surface area contributed by atoms with Gasteiger partial charge in [-0.25, -0.2) is 0 Å². The van der Waals surface area contributed by atoms with E-state index < -0.39 is 0 Å². The van der Waals surface area contributed by atoms with Crippen molar-refractivity contribution in [3.8, 4) is 0 Å². The summed E-state index contributed by atoms with van der Waals surface area (Å²) in [5.41, 5.74) is 2.81. The average Bonchev–Trinajstić information content (AvgIpc) is 2.42. The summed E-state index contributed by atoms with van der Waals surface area (Å²) < 4.78 is 1.21. The maximum atomic E-state index is 3.61. The van der Waals surface area contributed by atoms with Crippen LogP contribution in [0, 0.1) is 12.8 Å². The van der Waals surface area contributed by atoms with Gasteiger partial charge in [-0.05, 0) is 69.6 Å². The Morgan fingerprint density at radius 3 is 2.84 bits per heavy atom. The number of rotatable bonds is 4. The maximum Gasteiger partial charge on any atom is 0.0388 e. The molecular formula is C16H25BrN2. The molecular weight excluding hydrogens is 300 g/mol. The first-order chi connectivity index (χ1) is 9.17. The van der Waals surface area contributed by atoms with Crippen LogP contribution in [0.3, 0.4) is 0 Å². The van der Waals surface area contributed by atoms with Crippen molar-refractivity contribution in [2.75, 3.05) is 26.7 Å². The van der Waals surface area contributed by atoms with Crippen molar-refractivity contribution in [3.05, 3.63) is 33.8 Å². The Bertz CT molecular complexity index is 417. The van der Waals surface area contributed by atoms with Crippen molar-refractivity contribution in [3.63, 3.8) is 0 Å². The van der Waals surface area contributed by atoms with E-state index in [4.69, 9.17) is 0 Å². The molecule has 1 aliphatic heterocycles. The smallest absolute Gasteiger partial charge is 0.0388 e. The van der Waals surface area contributed by atoms with E-state index in [1.54, 1.807) is 0 Å². The number of benzene rings is 1. The van der Waals surface area contributed by atoms with Crippen molar-refractivity contribution in [2.24, 2.45) is 5.92 Å². The highest BCUT2D eigenvalue weighted by molar-refractivity contribution is 9.10. The second-order valence-electron chi connectivity index (χ2n) is 5.54. The molecule has 1 heterocycles. The molecule has 0 saturated carbocycles. The van der Waals surface area contributed by atoms with E-state index in [0.717, 1.165) is 19.0 Å². The van der Waals surface area contributed by atoms with Gasteiger partial charge in [0.1, 0.15) is 0 Å². The fraction of sp³-hybridized carbons (Fsp3) is 0.625. The zero-order valence-corrected chi connectivity index (χ0v) is 13.8. The van der Waals surface area contributed by atoms with Crippen LogP contribution in [0.25, 0.3) is 0 Å². The van der Waals surface area contributed by atoms with Gasteiger partial charge in [0, 0.05) is 10.5 Å². The average molecular weight is 325 g/mol. The highest BCUT2D eigenvalue weighted by atomic mass is 79.9. The van der Waals surface area contributed by atoms with Gasteiger partial charge in [-0.1, -0.05) is 35.0 Å². The van der Waals surface area contributed by atoms with Gasteiger partial charge in [-0.15, -0.1) is 0 Å². The van der Waals surface area contributed by atoms with Crippen molar-refractivity contribution in [2.45, 2.75) is 32.7 Å². The fourth-order valence-electron chi connectivity index (χ4n) is 3.32. The first-order valence-electron chi connectivity index (χ1n) is 7.32. The first kappa shape index (κ1) is 15.0. The minimum atomic E-state index is 0.568. The maximum absolute atomic E-state index is 3.61. The van der Waals surface area contributed by atoms with E-state index in [1.807, 2.05) is 0 Å². The Morgan fingerprint density at radius 1 is 1.42 bits per heavy atom. The molecule has 2 unspecified atom stereocenters. The molecule has 0 radical (unpaired) electrons. The van der Waals surface area contributed by atoms with Gasteiger partial charge in [0.05, 0.1) is 0 Å². The van der Waals surface area contributed by atoms with Crippen molar-refractivity contribution in [1.29, 1.82) is 0 Å². The highest BCUT2D eigenvalue weighted by Gasteiger charge is 2.31. The molecule has 0 bridgehead atoms. The van der Waals surface area contributed by atoms with Crippen LogP contribution >= 0.6 is 15.9 Å². The third-order valence-electron chi connectivity index (χ3n) is 4.26. The number of halogens is 1. The molecule has 0 amide bonds. The summed E-state index contributed by atoms with van der Waals surface area (Å²) in [7, 11) is 2.06. The lowest BCUT2D eigenvalue weighted by Crippen LogP contribution is -2.42. The minimum Gasteiger partial charge on any atom is -0.319 e. The van der Waals surface area contributed by atoms with E-state index in [1.165, 1.54) is 35.0 Å². The van der Waals surface area contributed by atoms with Gasteiger partial charge in [0.25, 0.3) is 0 Å². The Balaban J connectivity index is 2.30. The largest absolute Gasteiger partial charge is 0.319 e. The molecule has 2 rings (SSSR count). The van der Waals surface area contributed by atoms with Crippen molar-refractivity contribution >= 4 is 15.9 Å². The Hall–Kier alpha value is -0.380. The fourth-order valence-corrected chi connectivity index (χ4v) is 3.56. The number of nitrogens with zero attached hydrogens (tertiary/aromatic N) is 1. The topological polar surface area (TPSA) is 15.3 Å². The van der Waals surface area contributed by atoms with Crippen LogP contribution in [-0.2, 0) is 0 Å². The predicted molar refractivity (Wildman–Crippen MR) is 85.5 cm³/mol. The quantitative estimate of drug-likeness (QED) is 0.907. The summed E-state index contributed by atoms with van der Waals surface area (Å²) in [6, 6.07) is 7.41. The molecule has 1 saturated heterocycles. The molecule has 1 aliphatic rings. The highest BCUT2D eigenvalue weighted by Crippen LogP contribution is 2.36. The number of piperidine rings is 1. The summed E-state index contributed by atoms with van der Waals surface area (Å²) in [4.78, 5) is 2.63. The third-order valence-corrected chi connectivity index (χ3v) is 5.15. The number of likely N-dealkylation sites (tertiary alicyclic amines) is 1. The normalized spacial score (nSPS) is 24.6. The van der Waals surface area contributed by atoms with Crippen LogP contribution in [0.4, 0.5) is 0 Å². The summed E-state index contributed by atoms with van der Waals surface area (Å²) >= 11 is 3.61. The molecule has 2 atom stereocenters. The lowest BCUT2D eigenvalue weighted by Gasteiger charge is -2.41. The van der Waals surface area contributed by atoms with Crippen LogP contribution in [0.1, 0.15) is 36.9 Å². The molecule has 1 N–H and O–H groups in total. The van der Waals surface area contributed by atoms with Crippen LogP contribution in [0.15, 0.2) is 22.7 Å². The number of nitrogens with one attached hydrogen (secondary N) is 1. The number of hydrogen-bond donors (Lipinski definition) is 1. The minimum absolute atomic E-state index is 0.568. The predicted octanol–water partition coefficient (Wildman–Crippen LogP) is 3.75. The lowest BCUT2D eigenvalue weighted by atomic mass is 9.84. The van der Waals surface area contributed by atoms with Gasteiger partial charge in [-0.2, -0.15) is 0 Å². The number of hydrogen-bond acceptors (Lipinski definition) is 2. The summed E-state index contributed by atoms with van der Waals surface area (Å²) in [5, 5.41) is 3.37. The molecule has 1 aromatic carbocycles. The zero-order valence-electron chi connectivity index (χ0n) is 12.2. The Labute approximate surface area is 125 Å². The lowest BCUT2D eigenvalue weighted by molar-refractivity contribution is 0.0981. The third kappa shape index (κ3) is 3.39. The van der Waals surface area contributed by atoms with E-state index in [-0.39, 0.29) is 0 Å². The second-order valence-corrected chi connectivity index (χ2v) is 6.40. The van der Waals surface area contributed by atoms with Crippen LogP contribution < -0.4 is 5.32 Å². The molecule has 19 heavy (non-hydrogen) atoms. The van der Waals surface area contributed by atoms with Crippen LogP contribution in [0.2, 0.25) is 0 Å². The molecule has 106 valence electrons. The first-order valence-corrected chi connectivity index (χ1v) is 8.11. The van der Waals surface area contributed by atoms with Crippen LogP contribution in [0.5, 0.6) is 0 Å². The van der Waals surface area contributed by atoms with Crippen molar-refractivity contribution in [1.82, 2.24) is 10.2 Å². The van der Waals surface area contributed by atoms with E-state index in [9.17, 15) is 0 Å². The SMILES string of the molecule is CCN1CCCC(CNC)C1c1ccc(Br)c(C)c1. The summed E-state index contributed by atoms with van der Waals surface area (Å²) in [6.45, 7) is 7.94. The second kappa shape index (κ2) is 6.87. The Morgan fingerprint density at radius 2 is 2.21 bits per heavy atom. The van der Waals surface area contributed by atoms with Gasteiger partial charge >= 0.3 is 0 Å². The molecule has 2 nitrogen and oxygen atoms in total. The van der Waals surface area contributed by atoms with Crippen molar-refractivity contribution < 1.29 is 0 Å². The summed E-state index contributed by atoms with van der Waals surface area (Å²) in [5.74, 6) is 0.722. The number of aryl methyl sites for hydroxylation is 1. The monoisotopic (exact) mass is 324 g/mol. The van der Waals surface area contributed by atoms with Gasteiger partial charge in [-0.3, -0.25) is 4.90 Å². The van der Waals surface area contributed by atoms with E-state index in [0.29, 0.717) is 6.04 Å². The Kier molecular flexibility index (Phi) is 5.43. The molecule has 3 heteroatoms. The van der Waals surface area contributed by atoms with E-state index >= 15 is 0 Å².